The second-order valence-corrected chi connectivity index (χ2v) is 6.42. The SMILES string of the molecule is CC[C@H](Oc1ccc(C)cc1C)C(=O)N[C@H](C)c1ccc(C)cc1. The topological polar surface area (TPSA) is 38.3 Å². The minimum Gasteiger partial charge on any atom is -0.480 e. The Morgan fingerprint density at radius 3 is 2.25 bits per heavy atom. The van der Waals surface area contributed by atoms with Crippen LogP contribution in [0.5, 0.6) is 5.75 Å². The zero-order valence-corrected chi connectivity index (χ0v) is 15.2. The molecule has 128 valence electrons. The maximum Gasteiger partial charge on any atom is 0.261 e. The second kappa shape index (κ2) is 8.00. The summed E-state index contributed by atoms with van der Waals surface area (Å²) in [5, 5.41) is 3.05. The van der Waals surface area contributed by atoms with Crippen molar-refractivity contribution in [3.63, 3.8) is 0 Å². The van der Waals surface area contributed by atoms with Crippen LogP contribution in [-0.2, 0) is 4.79 Å². The number of amides is 1. The Labute approximate surface area is 145 Å². The van der Waals surface area contributed by atoms with Gasteiger partial charge in [0.1, 0.15) is 5.75 Å². The van der Waals surface area contributed by atoms with Crippen LogP contribution in [0, 0.1) is 20.8 Å². The third-order valence-electron chi connectivity index (χ3n) is 4.20. The lowest BCUT2D eigenvalue weighted by Gasteiger charge is -2.22. The maximum absolute atomic E-state index is 12.6. The van der Waals surface area contributed by atoms with E-state index in [1.54, 1.807) is 0 Å². The van der Waals surface area contributed by atoms with Crippen molar-refractivity contribution in [2.75, 3.05) is 0 Å². The zero-order chi connectivity index (χ0) is 17.7. The van der Waals surface area contributed by atoms with E-state index < -0.39 is 6.10 Å². The lowest BCUT2D eigenvalue weighted by molar-refractivity contribution is -0.128. The van der Waals surface area contributed by atoms with Gasteiger partial charge < -0.3 is 10.1 Å². The Kier molecular flexibility index (Phi) is 6.02. The predicted octanol–water partition coefficient (Wildman–Crippen LogP) is 4.65. The van der Waals surface area contributed by atoms with Gasteiger partial charge in [0.25, 0.3) is 5.91 Å². The first kappa shape index (κ1) is 18.1. The Hall–Kier alpha value is -2.29. The first-order chi connectivity index (χ1) is 11.4. The number of rotatable bonds is 6. The van der Waals surface area contributed by atoms with E-state index in [9.17, 15) is 4.79 Å². The van der Waals surface area contributed by atoms with Crippen LogP contribution in [0.25, 0.3) is 0 Å². The lowest BCUT2D eigenvalue weighted by atomic mass is 10.1. The number of aryl methyl sites for hydroxylation is 3. The minimum absolute atomic E-state index is 0.0464. The third-order valence-corrected chi connectivity index (χ3v) is 4.20. The molecular formula is C21H27NO2. The fraction of sp³-hybridized carbons (Fsp3) is 0.381. The highest BCUT2D eigenvalue weighted by molar-refractivity contribution is 5.81. The molecule has 0 radical (unpaired) electrons. The molecule has 0 bridgehead atoms. The van der Waals surface area contributed by atoms with Crippen LogP contribution in [-0.4, -0.2) is 12.0 Å². The number of carbonyl (C=O) groups is 1. The first-order valence-corrected chi connectivity index (χ1v) is 8.51. The van der Waals surface area contributed by atoms with Crippen LogP contribution >= 0.6 is 0 Å². The number of hydrogen-bond donors (Lipinski definition) is 1. The molecule has 1 amide bonds. The fourth-order valence-corrected chi connectivity index (χ4v) is 2.65. The Morgan fingerprint density at radius 1 is 1.04 bits per heavy atom. The van der Waals surface area contributed by atoms with Crippen LogP contribution < -0.4 is 10.1 Å². The molecule has 0 saturated heterocycles. The maximum atomic E-state index is 12.6. The lowest BCUT2D eigenvalue weighted by Crippen LogP contribution is -2.39. The smallest absolute Gasteiger partial charge is 0.261 e. The van der Waals surface area contributed by atoms with E-state index in [4.69, 9.17) is 4.74 Å². The van der Waals surface area contributed by atoms with Gasteiger partial charge in [-0.05, 0) is 51.3 Å². The van der Waals surface area contributed by atoms with E-state index in [0.29, 0.717) is 6.42 Å². The van der Waals surface area contributed by atoms with Crippen LogP contribution in [0.4, 0.5) is 0 Å². The van der Waals surface area contributed by atoms with Gasteiger partial charge in [-0.1, -0.05) is 54.4 Å². The summed E-state index contributed by atoms with van der Waals surface area (Å²) in [4.78, 5) is 12.6. The highest BCUT2D eigenvalue weighted by Gasteiger charge is 2.21. The van der Waals surface area contributed by atoms with Crippen molar-refractivity contribution in [3.8, 4) is 5.75 Å². The summed E-state index contributed by atoms with van der Waals surface area (Å²) in [6.07, 6.45) is 0.138. The van der Waals surface area contributed by atoms with Crippen molar-refractivity contribution in [3.05, 3.63) is 64.7 Å². The molecule has 0 spiro atoms. The summed E-state index contributed by atoms with van der Waals surface area (Å²) in [7, 11) is 0. The van der Waals surface area contributed by atoms with Gasteiger partial charge in [0.2, 0.25) is 0 Å². The van der Waals surface area contributed by atoms with Crippen LogP contribution in [0.2, 0.25) is 0 Å². The second-order valence-electron chi connectivity index (χ2n) is 6.42. The summed E-state index contributed by atoms with van der Waals surface area (Å²) in [6.45, 7) is 10.1. The predicted molar refractivity (Wildman–Crippen MR) is 98.4 cm³/mol. The highest BCUT2D eigenvalue weighted by atomic mass is 16.5. The molecule has 0 fully saturated rings. The molecular weight excluding hydrogens is 298 g/mol. The van der Waals surface area contributed by atoms with E-state index in [2.05, 4.69) is 30.4 Å². The summed E-state index contributed by atoms with van der Waals surface area (Å²) in [5.41, 5.74) is 4.54. The van der Waals surface area contributed by atoms with Crippen molar-refractivity contribution >= 4 is 5.91 Å². The molecule has 3 heteroatoms. The minimum atomic E-state index is -0.487. The van der Waals surface area contributed by atoms with Crippen LogP contribution in [0.15, 0.2) is 42.5 Å². The fourth-order valence-electron chi connectivity index (χ4n) is 2.65. The van der Waals surface area contributed by atoms with Crippen molar-refractivity contribution < 1.29 is 9.53 Å². The largest absolute Gasteiger partial charge is 0.480 e. The van der Waals surface area contributed by atoms with Gasteiger partial charge in [0, 0.05) is 0 Å². The average molecular weight is 325 g/mol. The average Bonchev–Trinajstić information content (AvgIpc) is 2.54. The number of benzene rings is 2. The van der Waals surface area contributed by atoms with E-state index in [0.717, 1.165) is 16.9 Å². The summed E-state index contributed by atoms with van der Waals surface area (Å²) in [5.74, 6) is 0.691. The number of carbonyl (C=O) groups excluding carboxylic acids is 1. The van der Waals surface area contributed by atoms with Gasteiger partial charge in [-0.2, -0.15) is 0 Å². The molecule has 24 heavy (non-hydrogen) atoms. The van der Waals surface area contributed by atoms with E-state index in [-0.39, 0.29) is 11.9 Å². The van der Waals surface area contributed by atoms with Gasteiger partial charge in [0.05, 0.1) is 6.04 Å². The number of nitrogens with one attached hydrogen (secondary N) is 1. The van der Waals surface area contributed by atoms with Gasteiger partial charge in [-0.15, -0.1) is 0 Å². The molecule has 2 rings (SSSR count). The van der Waals surface area contributed by atoms with Gasteiger partial charge >= 0.3 is 0 Å². The van der Waals surface area contributed by atoms with Crippen molar-refractivity contribution in [1.82, 2.24) is 5.32 Å². The van der Waals surface area contributed by atoms with Gasteiger partial charge in [0.15, 0.2) is 6.10 Å². The molecule has 0 saturated carbocycles. The molecule has 0 aromatic heterocycles. The van der Waals surface area contributed by atoms with Gasteiger partial charge in [-0.25, -0.2) is 0 Å². The first-order valence-electron chi connectivity index (χ1n) is 8.51. The van der Waals surface area contributed by atoms with E-state index in [1.165, 1.54) is 11.1 Å². The summed E-state index contributed by atoms with van der Waals surface area (Å²) >= 11 is 0. The third kappa shape index (κ3) is 4.60. The molecule has 2 aromatic carbocycles. The Balaban J connectivity index is 2.04. The molecule has 2 aromatic rings. The quantitative estimate of drug-likeness (QED) is 0.840. The number of ether oxygens (including phenoxy) is 1. The van der Waals surface area contributed by atoms with Gasteiger partial charge in [-0.3, -0.25) is 4.79 Å². The van der Waals surface area contributed by atoms with E-state index >= 15 is 0 Å². The van der Waals surface area contributed by atoms with Crippen LogP contribution in [0.3, 0.4) is 0 Å². The molecule has 0 aliphatic rings. The molecule has 1 N–H and O–H groups in total. The molecule has 0 aliphatic heterocycles. The molecule has 0 heterocycles. The highest BCUT2D eigenvalue weighted by Crippen LogP contribution is 2.21. The monoisotopic (exact) mass is 325 g/mol. The Morgan fingerprint density at radius 2 is 1.67 bits per heavy atom. The Bertz CT molecular complexity index is 691. The summed E-state index contributed by atoms with van der Waals surface area (Å²) in [6, 6.07) is 14.2. The number of hydrogen-bond acceptors (Lipinski definition) is 2. The van der Waals surface area contributed by atoms with Crippen molar-refractivity contribution in [2.45, 2.75) is 53.2 Å². The summed E-state index contributed by atoms with van der Waals surface area (Å²) < 4.78 is 5.96. The van der Waals surface area contributed by atoms with Crippen molar-refractivity contribution in [1.29, 1.82) is 0 Å². The van der Waals surface area contributed by atoms with E-state index in [1.807, 2.05) is 52.0 Å². The standard InChI is InChI=1S/C21H27NO2/c1-6-19(24-20-12-9-15(3)13-16(20)4)21(23)22-17(5)18-10-7-14(2)8-11-18/h7-13,17,19H,6H2,1-5H3,(H,22,23)/t17-,19+/m1/s1. The normalized spacial score (nSPS) is 13.2. The molecule has 3 nitrogen and oxygen atoms in total. The van der Waals surface area contributed by atoms with Crippen molar-refractivity contribution in [2.24, 2.45) is 0 Å². The van der Waals surface area contributed by atoms with Crippen LogP contribution in [0.1, 0.15) is 48.6 Å². The molecule has 0 unspecified atom stereocenters. The molecule has 2 atom stereocenters. The zero-order valence-electron chi connectivity index (χ0n) is 15.2. The molecule has 0 aliphatic carbocycles.